The third kappa shape index (κ3) is 3.55. The fourth-order valence-corrected chi connectivity index (χ4v) is 2.60. The molecule has 0 saturated heterocycles. The van der Waals surface area contributed by atoms with E-state index in [2.05, 4.69) is 17.1 Å². The van der Waals surface area contributed by atoms with E-state index in [0.29, 0.717) is 6.42 Å². The lowest BCUT2D eigenvalue weighted by atomic mass is 10.1. The fraction of sp³-hybridized carbons (Fsp3) is 0.357. The van der Waals surface area contributed by atoms with Gasteiger partial charge in [-0.25, -0.2) is 4.98 Å². The molecule has 0 atom stereocenters. The average Bonchev–Trinajstić information content (AvgIpc) is 2.85. The number of aliphatic hydroxyl groups is 1. The quantitative estimate of drug-likeness (QED) is 0.870. The van der Waals surface area contributed by atoms with Gasteiger partial charge in [-0.3, -0.25) is 0 Å². The Balaban J connectivity index is 1.93. The zero-order chi connectivity index (χ0) is 12.8. The van der Waals surface area contributed by atoms with Crippen LogP contribution in [0.15, 0.2) is 29.6 Å². The molecule has 1 N–H and O–H groups in total. The largest absolute Gasteiger partial charge is 0.497 e. The van der Waals surface area contributed by atoms with Crippen molar-refractivity contribution in [2.75, 3.05) is 13.7 Å². The van der Waals surface area contributed by atoms with Gasteiger partial charge in [-0.05, 0) is 24.1 Å². The van der Waals surface area contributed by atoms with Gasteiger partial charge in [0.15, 0.2) is 0 Å². The number of aromatic nitrogens is 1. The number of thiazole rings is 1. The summed E-state index contributed by atoms with van der Waals surface area (Å²) >= 11 is 1.67. The standard InChI is InChI=1S/C14H17NO2S/c1-17-13-4-2-3-11(9-13)5-6-14-15-12(7-8-16)10-18-14/h2-4,9-10,16H,5-8H2,1H3. The maximum atomic E-state index is 8.85. The van der Waals surface area contributed by atoms with Crippen LogP contribution in [0.3, 0.4) is 0 Å². The van der Waals surface area contributed by atoms with Crippen LogP contribution in [0.1, 0.15) is 16.3 Å². The molecule has 0 radical (unpaired) electrons. The molecule has 0 unspecified atom stereocenters. The molecule has 4 heteroatoms. The fourth-order valence-electron chi connectivity index (χ4n) is 1.77. The first-order chi connectivity index (χ1) is 8.81. The van der Waals surface area contributed by atoms with Gasteiger partial charge in [-0.2, -0.15) is 0 Å². The molecule has 1 aromatic heterocycles. The second-order valence-corrected chi connectivity index (χ2v) is 5.00. The van der Waals surface area contributed by atoms with Gasteiger partial charge in [0.2, 0.25) is 0 Å². The lowest BCUT2D eigenvalue weighted by molar-refractivity contribution is 0.298. The molecule has 1 aromatic carbocycles. The number of methoxy groups -OCH3 is 1. The monoisotopic (exact) mass is 263 g/mol. The Morgan fingerprint density at radius 2 is 2.17 bits per heavy atom. The topological polar surface area (TPSA) is 42.4 Å². The summed E-state index contributed by atoms with van der Waals surface area (Å²) in [6.45, 7) is 0.166. The van der Waals surface area contributed by atoms with Gasteiger partial charge < -0.3 is 9.84 Å². The highest BCUT2D eigenvalue weighted by atomic mass is 32.1. The van der Waals surface area contributed by atoms with Crippen LogP contribution in [0.5, 0.6) is 5.75 Å². The van der Waals surface area contributed by atoms with E-state index >= 15 is 0 Å². The average molecular weight is 263 g/mol. The first-order valence-electron chi connectivity index (χ1n) is 5.99. The van der Waals surface area contributed by atoms with Gasteiger partial charge >= 0.3 is 0 Å². The van der Waals surface area contributed by atoms with E-state index in [9.17, 15) is 0 Å². The molecule has 96 valence electrons. The number of aryl methyl sites for hydroxylation is 2. The number of aliphatic hydroxyl groups excluding tert-OH is 1. The number of hydrogen-bond acceptors (Lipinski definition) is 4. The summed E-state index contributed by atoms with van der Waals surface area (Å²) in [6.07, 6.45) is 2.54. The predicted octanol–water partition coefficient (Wildman–Crippen LogP) is 2.47. The first-order valence-corrected chi connectivity index (χ1v) is 6.87. The number of ether oxygens (including phenoxy) is 1. The Bertz CT molecular complexity index is 496. The smallest absolute Gasteiger partial charge is 0.119 e. The Labute approximate surface area is 111 Å². The van der Waals surface area contributed by atoms with Gasteiger partial charge in [0, 0.05) is 24.8 Å². The molecule has 1 heterocycles. The second kappa shape index (κ2) is 6.52. The van der Waals surface area contributed by atoms with Crippen LogP contribution in [0, 0.1) is 0 Å². The van der Waals surface area contributed by atoms with Crippen LogP contribution >= 0.6 is 11.3 Å². The van der Waals surface area contributed by atoms with Crippen LogP contribution in [0.2, 0.25) is 0 Å². The Morgan fingerprint density at radius 3 is 2.94 bits per heavy atom. The molecule has 0 aliphatic rings. The van der Waals surface area contributed by atoms with Gasteiger partial charge in [0.05, 0.1) is 17.8 Å². The van der Waals surface area contributed by atoms with Crippen molar-refractivity contribution in [2.45, 2.75) is 19.3 Å². The van der Waals surface area contributed by atoms with Crippen LogP contribution < -0.4 is 4.74 Å². The van der Waals surface area contributed by atoms with Crippen molar-refractivity contribution in [3.05, 3.63) is 45.9 Å². The van der Waals surface area contributed by atoms with E-state index in [-0.39, 0.29) is 6.61 Å². The van der Waals surface area contributed by atoms with E-state index in [4.69, 9.17) is 9.84 Å². The summed E-state index contributed by atoms with van der Waals surface area (Å²) in [5, 5.41) is 12.0. The van der Waals surface area contributed by atoms with Crippen LogP contribution in [-0.4, -0.2) is 23.8 Å². The molecule has 0 aliphatic carbocycles. The van der Waals surface area contributed by atoms with Crippen molar-refractivity contribution in [3.8, 4) is 5.75 Å². The van der Waals surface area contributed by atoms with Crippen LogP contribution in [0.4, 0.5) is 0 Å². The molecular weight excluding hydrogens is 246 g/mol. The van der Waals surface area contributed by atoms with E-state index < -0.39 is 0 Å². The summed E-state index contributed by atoms with van der Waals surface area (Å²) in [5.74, 6) is 0.896. The number of rotatable bonds is 6. The summed E-state index contributed by atoms with van der Waals surface area (Å²) in [6, 6.07) is 8.12. The third-order valence-corrected chi connectivity index (χ3v) is 3.69. The molecule has 0 amide bonds. The van der Waals surface area contributed by atoms with Crippen LogP contribution in [-0.2, 0) is 19.3 Å². The molecular formula is C14H17NO2S. The van der Waals surface area contributed by atoms with E-state index in [0.717, 1.165) is 29.3 Å². The normalized spacial score (nSPS) is 10.6. The van der Waals surface area contributed by atoms with E-state index in [1.165, 1.54) is 5.56 Å². The van der Waals surface area contributed by atoms with Gasteiger partial charge in [-0.15, -0.1) is 11.3 Å². The molecule has 2 aromatic rings. The predicted molar refractivity (Wildman–Crippen MR) is 73.3 cm³/mol. The third-order valence-electron chi connectivity index (χ3n) is 2.73. The number of hydrogen-bond donors (Lipinski definition) is 1. The van der Waals surface area contributed by atoms with Gasteiger partial charge in [-0.1, -0.05) is 12.1 Å². The van der Waals surface area contributed by atoms with Crippen molar-refractivity contribution in [2.24, 2.45) is 0 Å². The SMILES string of the molecule is COc1cccc(CCc2nc(CCO)cs2)c1. The first kappa shape index (κ1) is 13.1. The maximum Gasteiger partial charge on any atom is 0.119 e. The summed E-state index contributed by atoms with van der Waals surface area (Å²) in [4.78, 5) is 4.48. The van der Waals surface area contributed by atoms with Crippen molar-refractivity contribution < 1.29 is 9.84 Å². The van der Waals surface area contributed by atoms with Gasteiger partial charge in [0.1, 0.15) is 5.75 Å². The number of benzene rings is 1. The summed E-state index contributed by atoms with van der Waals surface area (Å²) in [7, 11) is 1.68. The Morgan fingerprint density at radius 1 is 1.28 bits per heavy atom. The minimum atomic E-state index is 0.166. The zero-order valence-corrected chi connectivity index (χ0v) is 11.2. The van der Waals surface area contributed by atoms with Crippen molar-refractivity contribution in [1.29, 1.82) is 0 Å². The minimum Gasteiger partial charge on any atom is -0.497 e. The van der Waals surface area contributed by atoms with Crippen molar-refractivity contribution in [1.82, 2.24) is 4.98 Å². The molecule has 18 heavy (non-hydrogen) atoms. The summed E-state index contributed by atoms with van der Waals surface area (Å²) in [5.41, 5.74) is 2.25. The summed E-state index contributed by atoms with van der Waals surface area (Å²) < 4.78 is 5.20. The Hall–Kier alpha value is -1.39. The van der Waals surface area contributed by atoms with E-state index in [1.807, 2.05) is 17.5 Å². The molecule has 0 saturated carbocycles. The molecule has 0 fully saturated rings. The molecule has 0 spiro atoms. The number of nitrogens with zero attached hydrogens (tertiary/aromatic N) is 1. The highest BCUT2D eigenvalue weighted by Crippen LogP contribution is 2.16. The molecule has 2 rings (SSSR count). The zero-order valence-electron chi connectivity index (χ0n) is 10.4. The van der Waals surface area contributed by atoms with Crippen molar-refractivity contribution in [3.63, 3.8) is 0 Å². The maximum absolute atomic E-state index is 8.85. The highest BCUT2D eigenvalue weighted by molar-refractivity contribution is 7.09. The highest BCUT2D eigenvalue weighted by Gasteiger charge is 2.03. The molecule has 0 aliphatic heterocycles. The second-order valence-electron chi connectivity index (χ2n) is 4.06. The van der Waals surface area contributed by atoms with E-state index in [1.54, 1.807) is 18.4 Å². The van der Waals surface area contributed by atoms with Gasteiger partial charge in [0.25, 0.3) is 0 Å². The van der Waals surface area contributed by atoms with Crippen LogP contribution in [0.25, 0.3) is 0 Å². The minimum absolute atomic E-state index is 0.166. The lowest BCUT2D eigenvalue weighted by Crippen LogP contribution is -1.94. The van der Waals surface area contributed by atoms with Crippen molar-refractivity contribution >= 4 is 11.3 Å². The molecule has 0 bridgehead atoms. The Kier molecular flexibility index (Phi) is 4.73. The lowest BCUT2D eigenvalue weighted by Gasteiger charge is -2.03. The molecule has 3 nitrogen and oxygen atoms in total.